The number of nitrogens with one attached hydrogen (secondary N) is 2. The molecular formula is C23H27N5O6. The summed E-state index contributed by atoms with van der Waals surface area (Å²) in [5.74, 6) is -3.42. The first-order chi connectivity index (χ1) is 16.1. The zero-order valence-electron chi connectivity index (χ0n) is 19.3. The third kappa shape index (κ3) is 6.86. The number of hydrogen-bond donors (Lipinski definition) is 2. The SMILES string of the molecule is CCOC(=O)C(c1ccc([N+](=O)[O-])cc1)C(C(=O)N(C)C)/C(C)=N\NC(=O)Nc1ccccc1. The topological polar surface area (TPSA) is 143 Å². The molecule has 0 saturated carbocycles. The smallest absolute Gasteiger partial charge is 0.339 e. The highest BCUT2D eigenvalue weighted by Crippen LogP contribution is 2.30. The molecule has 2 unspecified atom stereocenters. The Morgan fingerprint density at radius 3 is 2.24 bits per heavy atom. The van der Waals surface area contributed by atoms with Crippen LogP contribution < -0.4 is 10.7 Å². The Balaban J connectivity index is 2.40. The molecule has 3 amide bonds. The average molecular weight is 469 g/mol. The summed E-state index contributed by atoms with van der Waals surface area (Å²) in [6, 6.07) is 13.4. The summed E-state index contributed by atoms with van der Waals surface area (Å²) >= 11 is 0. The molecule has 2 atom stereocenters. The summed E-state index contributed by atoms with van der Waals surface area (Å²) in [6.45, 7) is 3.20. The third-order valence-electron chi connectivity index (χ3n) is 4.86. The van der Waals surface area contributed by atoms with Crippen LogP contribution >= 0.6 is 0 Å². The lowest BCUT2D eigenvalue weighted by Gasteiger charge is -2.27. The maximum Gasteiger partial charge on any atom is 0.339 e. The lowest BCUT2D eigenvalue weighted by molar-refractivity contribution is -0.384. The first-order valence-electron chi connectivity index (χ1n) is 10.4. The van der Waals surface area contributed by atoms with Gasteiger partial charge in [-0.3, -0.25) is 19.7 Å². The van der Waals surface area contributed by atoms with Crippen LogP contribution in [0.4, 0.5) is 16.2 Å². The summed E-state index contributed by atoms with van der Waals surface area (Å²) in [4.78, 5) is 50.1. The highest BCUT2D eigenvalue weighted by atomic mass is 16.6. The van der Waals surface area contributed by atoms with Gasteiger partial charge in [0.1, 0.15) is 0 Å². The molecule has 0 aliphatic rings. The summed E-state index contributed by atoms with van der Waals surface area (Å²) in [5.41, 5.74) is 3.21. The van der Waals surface area contributed by atoms with Crippen LogP contribution in [0.2, 0.25) is 0 Å². The van der Waals surface area contributed by atoms with Crippen LogP contribution in [0.1, 0.15) is 25.3 Å². The molecule has 0 aliphatic carbocycles. The standard InChI is InChI=1S/C23H27N5O6/c1-5-34-22(30)20(16-11-13-18(14-12-16)28(32)33)19(21(29)27(3)4)15(2)25-26-23(31)24-17-9-7-6-8-10-17/h6-14,19-20H,5H2,1-4H3,(H2,24,26,31)/b25-15-. The van der Waals surface area contributed by atoms with Gasteiger partial charge in [-0.2, -0.15) is 5.10 Å². The van der Waals surface area contributed by atoms with Crippen molar-refractivity contribution < 1.29 is 24.0 Å². The molecule has 11 nitrogen and oxygen atoms in total. The Morgan fingerprint density at radius 1 is 1.09 bits per heavy atom. The van der Waals surface area contributed by atoms with Crippen molar-refractivity contribution in [3.63, 3.8) is 0 Å². The Bertz CT molecular complexity index is 1050. The number of carbonyl (C=O) groups is 3. The average Bonchev–Trinajstić information content (AvgIpc) is 2.81. The van der Waals surface area contributed by atoms with Gasteiger partial charge in [0.2, 0.25) is 5.91 Å². The fourth-order valence-corrected chi connectivity index (χ4v) is 3.23. The van der Waals surface area contributed by atoms with Gasteiger partial charge in [0, 0.05) is 37.6 Å². The van der Waals surface area contributed by atoms with Crippen molar-refractivity contribution >= 4 is 35.0 Å². The van der Waals surface area contributed by atoms with Gasteiger partial charge in [-0.25, -0.2) is 10.2 Å². The minimum Gasteiger partial charge on any atom is -0.465 e. The van der Waals surface area contributed by atoms with E-state index in [1.165, 1.54) is 50.2 Å². The van der Waals surface area contributed by atoms with E-state index in [1.807, 2.05) is 0 Å². The molecule has 0 bridgehead atoms. The second-order valence-electron chi connectivity index (χ2n) is 7.47. The number of nitrogens with zero attached hydrogens (tertiary/aromatic N) is 3. The minimum absolute atomic E-state index is 0.0686. The van der Waals surface area contributed by atoms with Gasteiger partial charge in [0.15, 0.2) is 0 Å². The molecule has 0 aromatic heterocycles. The van der Waals surface area contributed by atoms with Gasteiger partial charge >= 0.3 is 12.0 Å². The van der Waals surface area contributed by atoms with Crippen molar-refractivity contribution in [2.24, 2.45) is 11.0 Å². The fraction of sp³-hybridized carbons (Fsp3) is 0.304. The number of benzene rings is 2. The molecule has 11 heteroatoms. The monoisotopic (exact) mass is 469 g/mol. The lowest BCUT2D eigenvalue weighted by Crippen LogP contribution is -2.41. The second kappa shape index (κ2) is 12.1. The van der Waals surface area contributed by atoms with E-state index in [-0.39, 0.29) is 18.0 Å². The van der Waals surface area contributed by atoms with Crippen molar-refractivity contribution in [2.75, 3.05) is 26.0 Å². The number of nitro groups is 1. The maximum atomic E-state index is 13.1. The molecule has 0 radical (unpaired) electrons. The summed E-state index contributed by atoms with van der Waals surface area (Å²) in [7, 11) is 3.05. The molecule has 2 aromatic rings. The quantitative estimate of drug-likeness (QED) is 0.250. The first-order valence-corrected chi connectivity index (χ1v) is 10.4. The zero-order valence-corrected chi connectivity index (χ0v) is 19.3. The van der Waals surface area contributed by atoms with Gasteiger partial charge in [0.25, 0.3) is 5.69 Å². The van der Waals surface area contributed by atoms with E-state index in [1.54, 1.807) is 37.3 Å². The van der Waals surface area contributed by atoms with Crippen molar-refractivity contribution in [2.45, 2.75) is 19.8 Å². The van der Waals surface area contributed by atoms with Gasteiger partial charge in [-0.15, -0.1) is 0 Å². The minimum atomic E-state index is -1.14. The Labute approximate surface area is 196 Å². The number of rotatable bonds is 9. The number of ether oxygens (including phenoxy) is 1. The highest BCUT2D eigenvalue weighted by Gasteiger charge is 2.39. The van der Waals surface area contributed by atoms with Crippen LogP contribution in [0, 0.1) is 16.0 Å². The zero-order chi connectivity index (χ0) is 25.3. The van der Waals surface area contributed by atoms with Crippen LogP contribution in [-0.4, -0.2) is 54.1 Å². The number of hydrazone groups is 1. The summed E-state index contributed by atoms with van der Waals surface area (Å²) in [6.07, 6.45) is 0. The third-order valence-corrected chi connectivity index (χ3v) is 4.86. The van der Waals surface area contributed by atoms with E-state index in [0.29, 0.717) is 11.3 Å². The van der Waals surface area contributed by atoms with E-state index in [4.69, 9.17) is 4.74 Å². The number of para-hydroxylation sites is 1. The van der Waals surface area contributed by atoms with E-state index in [0.717, 1.165) is 0 Å². The van der Waals surface area contributed by atoms with Gasteiger partial charge < -0.3 is 15.0 Å². The number of anilines is 1. The van der Waals surface area contributed by atoms with Crippen LogP contribution in [0.5, 0.6) is 0 Å². The highest BCUT2D eigenvalue weighted by molar-refractivity contribution is 6.07. The first kappa shape index (κ1) is 26.0. The van der Waals surface area contributed by atoms with Crippen LogP contribution in [-0.2, 0) is 14.3 Å². The second-order valence-corrected chi connectivity index (χ2v) is 7.47. The normalized spacial score (nSPS) is 12.8. The molecule has 0 saturated heterocycles. The van der Waals surface area contributed by atoms with Gasteiger partial charge in [-0.05, 0) is 31.5 Å². The molecule has 0 aliphatic heterocycles. The molecular weight excluding hydrogens is 442 g/mol. The molecule has 34 heavy (non-hydrogen) atoms. The largest absolute Gasteiger partial charge is 0.465 e. The predicted molar refractivity (Wildman–Crippen MR) is 126 cm³/mol. The molecule has 2 aromatic carbocycles. The number of carbonyl (C=O) groups excluding carboxylic acids is 3. The molecule has 2 rings (SSSR count). The number of hydrogen-bond acceptors (Lipinski definition) is 7. The van der Waals surface area contributed by atoms with E-state index in [9.17, 15) is 24.5 Å². The van der Waals surface area contributed by atoms with Crippen molar-refractivity contribution in [3.8, 4) is 0 Å². The number of non-ortho nitro benzene ring substituents is 1. The number of amides is 3. The van der Waals surface area contributed by atoms with Crippen LogP contribution in [0.15, 0.2) is 59.7 Å². The fourth-order valence-electron chi connectivity index (χ4n) is 3.23. The van der Waals surface area contributed by atoms with E-state index < -0.39 is 34.7 Å². The van der Waals surface area contributed by atoms with Crippen molar-refractivity contribution in [1.82, 2.24) is 10.3 Å². The molecule has 0 spiro atoms. The maximum absolute atomic E-state index is 13.1. The number of esters is 1. The Kier molecular flexibility index (Phi) is 9.24. The predicted octanol–water partition coefficient (Wildman–Crippen LogP) is 3.14. The molecule has 0 fully saturated rings. The van der Waals surface area contributed by atoms with Crippen LogP contribution in [0.3, 0.4) is 0 Å². The number of urea groups is 1. The Morgan fingerprint density at radius 2 is 1.71 bits per heavy atom. The van der Waals surface area contributed by atoms with Crippen molar-refractivity contribution in [3.05, 3.63) is 70.3 Å². The summed E-state index contributed by atoms with van der Waals surface area (Å²) < 4.78 is 5.20. The van der Waals surface area contributed by atoms with E-state index >= 15 is 0 Å². The van der Waals surface area contributed by atoms with Crippen molar-refractivity contribution in [1.29, 1.82) is 0 Å². The molecule has 180 valence electrons. The lowest BCUT2D eigenvalue weighted by atomic mass is 9.82. The summed E-state index contributed by atoms with van der Waals surface area (Å²) in [5, 5.41) is 17.7. The number of nitro benzene ring substituents is 1. The molecule has 0 heterocycles. The molecule has 2 N–H and O–H groups in total. The van der Waals surface area contributed by atoms with Gasteiger partial charge in [-0.1, -0.05) is 30.3 Å². The van der Waals surface area contributed by atoms with E-state index in [2.05, 4.69) is 15.8 Å². The van der Waals surface area contributed by atoms with Crippen LogP contribution in [0.25, 0.3) is 0 Å². The Hall–Kier alpha value is -4.28. The van der Waals surface area contributed by atoms with Gasteiger partial charge in [0.05, 0.1) is 23.4 Å².